The maximum Gasteiger partial charge on any atom is 0.253 e. The van der Waals surface area contributed by atoms with Crippen LogP contribution >= 0.6 is 23.1 Å². The standard InChI is InChI=1S/C30H24FN3OS2/c31-23-14-12-22(13-15-23)27-17-25(28-11-6-16-36-28)32-34(27)30(35)20-37-29-19-33(18-21-7-2-1-3-8-21)26-10-5-4-9-24(26)29/h1-16,19,27H,17-18,20H2. The number of benzene rings is 3. The molecule has 5 aromatic rings. The predicted octanol–water partition coefficient (Wildman–Crippen LogP) is 7.36. The average Bonchev–Trinajstić information content (AvgIpc) is 3.68. The van der Waals surface area contributed by atoms with Crippen molar-refractivity contribution in [2.24, 2.45) is 5.10 Å². The van der Waals surface area contributed by atoms with Gasteiger partial charge in [-0.15, -0.1) is 23.1 Å². The molecule has 3 heterocycles. The number of carbonyl (C=O) groups excluding carboxylic acids is 1. The zero-order chi connectivity index (χ0) is 25.2. The van der Waals surface area contributed by atoms with Gasteiger partial charge in [0.05, 0.1) is 22.4 Å². The van der Waals surface area contributed by atoms with E-state index in [2.05, 4.69) is 35.0 Å². The number of aromatic nitrogens is 1. The molecular weight excluding hydrogens is 501 g/mol. The van der Waals surface area contributed by atoms with Crippen molar-refractivity contribution in [1.29, 1.82) is 0 Å². The highest BCUT2D eigenvalue weighted by atomic mass is 32.2. The molecule has 1 atom stereocenters. The fourth-order valence-corrected chi connectivity index (χ4v) is 6.38. The van der Waals surface area contributed by atoms with Gasteiger partial charge >= 0.3 is 0 Å². The van der Waals surface area contributed by atoms with E-state index in [9.17, 15) is 9.18 Å². The minimum Gasteiger partial charge on any atom is -0.342 e. The van der Waals surface area contributed by atoms with Crippen molar-refractivity contribution in [2.45, 2.75) is 23.9 Å². The van der Waals surface area contributed by atoms with Gasteiger partial charge in [-0.3, -0.25) is 4.79 Å². The summed E-state index contributed by atoms with van der Waals surface area (Å²) in [5.41, 5.74) is 4.15. The number of fused-ring (bicyclic) bond motifs is 1. The molecule has 0 fully saturated rings. The van der Waals surface area contributed by atoms with E-state index in [1.54, 1.807) is 28.5 Å². The molecule has 0 saturated carbocycles. The van der Waals surface area contributed by atoms with Crippen molar-refractivity contribution in [1.82, 2.24) is 9.58 Å². The topological polar surface area (TPSA) is 37.6 Å². The summed E-state index contributed by atoms with van der Waals surface area (Å²) in [7, 11) is 0. The highest BCUT2D eigenvalue weighted by Gasteiger charge is 2.33. The highest BCUT2D eigenvalue weighted by Crippen LogP contribution is 2.36. The molecule has 0 radical (unpaired) electrons. The third-order valence-corrected chi connectivity index (χ3v) is 8.47. The minimum absolute atomic E-state index is 0.0641. The van der Waals surface area contributed by atoms with Crippen molar-refractivity contribution in [3.63, 3.8) is 0 Å². The summed E-state index contributed by atoms with van der Waals surface area (Å²) < 4.78 is 15.8. The Morgan fingerprint density at radius 2 is 1.76 bits per heavy atom. The smallest absolute Gasteiger partial charge is 0.253 e. The monoisotopic (exact) mass is 525 g/mol. The molecule has 0 spiro atoms. The maximum atomic E-state index is 13.6. The molecule has 0 N–H and O–H groups in total. The van der Waals surface area contributed by atoms with Gasteiger partial charge in [-0.25, -0.2) is 9.40 Å². The SMILES string of the molecule is O=C(CSc1cn(Cc2ccccc2)c2ccccc12)N1N=C(c2cccs2)CC1c1ccc(F)cc1. The molecule has 6 rings (SSSR count). The van der Waals surface area contributed by atoms with Crippen LogP contribution in [-0.4, -0.2) is 26.9 Å². The first-order chi connectivity index (χ1) is 18.2. The third kappa shape index (κ3) is 4.97. The van der Waals surface area contributed by atoms with Gasteiger partial charge in [-0.2, -0.15) is 5.10 Å². The Labute approximate surface area is 223 Å². The van der Waals surface area contributed by atoms with Gasteiger partial charge in [0.1, 0.15) is 5.82 Å². The molecule has 3 aromatic carbocycles. The normalized spacial score (nSPS) is 15.3. The van der Waals surface area contributed by atoms with Crippen LogP contribution in [0.4, 0.5) is 4.39 Å². The number of hydrogen-bond donors (Lipinski definition) is 0. The van der Waals surface area contributed by atoms with E-state index in [-0.39, 0.29) is 23.5 Å². The van der Waals surface area contributed by atoms with Crippen LogP contribution in [0.1, 0.15) is 28.5 Å². The first-order valence-electron chi connectivity index (χ1n) is 12.1. The fraction of sp³-hybridized carbons (Fsp3) is 0.133. The summed E-state index contributed by atoms with van der Waals surface area (Å²) in [6.07, 6.45) is 2.75. The Hall–Kier alpha value is -3.68. The summed E-state index contributed by atoms with van der Waals surface area (Å²) in [5.74, 6) is -0.0922. The zero-order valence-corrected chi connectivity index (χ0v) is 21.6. The van der Waals surface area contributed by atoms with Crippen LogP contribution in [0.15, 0.2) is 113 Å². The van der Waals surface area contributed by atoms with E-state index < -0.39 is 0 Å². The first-order valence-corrected chi connectivity index (χ1v) is 14.0. The average molecular weight is 526 g/mol. The second-order valence-corrected chi connectivity index (χ2v) is 10.9. The molecular formula is C30H24FN3OS2. The number of amides is 1. The summed E-state index contributed by atoms with van der Waals surface area (Å²) >= 11 is 3.15. The molecule has 0 saturated heterocycles. The van der Waals surface area contributed by atoms with E-state index in [1.165, 1.54) is 29.5 Å². The lowest BCUT2D eigenvalue weighted by molar-refractivity contribution is -0.130. The molecule has 7 heteroatoms. The number of thioether (sulfide) groups is 1. The van der Waals surface area contributed by atoms with Gasteiger partial charge in [0.15, 0.2) is 0 Å². The Kier molecular flexibility index (Phi) is 6.64. The molecule has 37 heavy (non-hydrogen) atoms. The van der Waals surface area contributed by atoms with Gasteiger partial charge in [-0.1, -0.05) is 66.7 Å². The van der Waals surface area contributed by atoms with Gasteiger partial charge in [0, 0.05) is 35.0 Å². The fourth-order valence-electron chi connectivity index (χ4n) is 4.72. The Balaban J connectivity index is 1.25. The molecule has 0 bridgehead atoms. The van der Waals surface area contributed by atoms with E-state index >= 15 is 0 Å². The van der Waals surface area contributed by atoms with Crippen LogP contribution in [0.25, 0.3) is 10.9 Å². The van der Waals surface area contributed by atoms with Crippen LogP contribution < -0.4 is 0 Å². The lowest BCUT2D eigenvalue weighted by Gasteiger charge is -2.22. The van der Waals surface area contributed by atoms with Crippen molar-refractivity contribution < 1.29 is 9.18 Å². The van der Waals surface area contributed by atoms with Crippen LogP contribution in [0.5, 0.6) is 0 Å². The number of halogens is 1. The van der Waals surface area contributed by atoms with Crippen molar-refractivity contribution >= 4 is 45.6 Å². The molecule has 184 valence electrons. The van der Waals surface area contributed by atoms with Crippen LogP contribution in [-0.2, 0) is 11.3 Å². The number of para-hydroxylation sites is 1. The lowest BCUT2D eigenvalue weighted by atomic mass is 10.0. The predicted molar refractivity (Wildman–Crippen MR) is 150 cm³/mol. The Morgan fingerprint density at radius 3 is 2.54 bits per heavy atom. The van der Waals surface area contributed by atoms with Gasteiger partial charge in [0.25, 0.3) is 5.91 Å². The number of nitrogens with zero attached hydrogens (tertiary/aromatic N) is 3. The second kappa shape index (κ2) is 10.4. The van der Waals surface area contributed by atoms with E-state index in [0.717, 1.165) is 38.5 Å². The third-order valence-electron chi connectivity index (χ3n) is 6.53. The van der Waals surface area contributed by atoms with E-state index in [1.807, 2.05) is 47.8 Å². The van der Waals surface area contributed by atoms with Crippen molar-refractivity contribution in [3.8, 4) is 0 Å². The molecule has 1 amide bonds. The lowest BCUT2D eigenvalue weighted by Crippen LogP contribution is -2.28. The summed E-state index contributed by atoms with van der Waals surface area (Å²) in [5, 5.41) is 9.49. The number of hydrazone groups is 1. The van der Waals surface area contributed by atoms with Crippen molar-refractivity contribution in [2.75, 3.05) is 5.75 Å². The van der Waals surface area contributed by atoms with E-state index in [0.29, 0.717) is 6.42 Å². The zero-order valence-electron chi connectivity index (χ0n) is 20.0. The second-order valence-electron chi connectivity index (χ2n) is 8.95. The summed E-state index contributed by atoms with van der Waals surface area (Å²) in [6.45, 7) is 0.767. The van der Waals surface area contributed by atoms with Gasteiger partial charge < -0.3 is 4.57 Å². The number of thiophene rings is 1. The summed E-state index contributed by atoms with van der Waals surface area (Å²) in [6, 6.07) is 28.8. The van der Waals surface area contributed by atoms with Crippen LogP contribution in [0, 0.1) is 5.82 Å². The molecule has 1 unspecified atom stereocenters. The molecule has 1 aliphatic heterocycles. The van der Waals surface area contributed by atoms with Crippen LogP contribution in [0.3, 0.4) is 0 Å². The number of rotatable bonds is 7. The Morgan fingerprint density at radius 1 is 0.973 bits per heavy atom. The Bertz CT molecular complexity index is 1560. The van der Waals surface area contributed by atoms with Crippen LogP contribution in [0.2, 0.25) is 0 Å². The number of hydrogen-bond acceptors (Lipinski definition) is 4. The summed E-state index contributed by atoms with van der Waals surface area (Å²) in [4.78, 5) is 15.7. The quantitative estimate of drug-likeness (QED) is 0.208. The van der Waals surface area contributed by atoms with Gasteiger partial charge in [0.2, 0.25) is 0 Å². The highest BCUT2D eigenvalue weighted by molar-refractivity contribution is 8.00. The molecule has 2 aromatic heterocycles. The van der Waals surface area contributed by atoms with Crippen molar-refractivity contribution in [3.05, 3.63) is 124 Å². The van der Waals surface area contributed by atoms with Gasteiger partial charge in [-0.05, 0) is 40.8 Å². The first kappa shape index (κ1) is 23.7. The maximum absolute atomic E-state index is 13.6. The molecule has 1 aliphatic rings. The minimum atomic E-state index is -0.290. The largest absolute Gasteiger partial charge is 0.342 e. The molecule has 4 nitrogen and oxygen atoms in total. The van der Waals surface area contributed by atoms with E-state index in [4.69, 9.17) is 5.10 Å². The number of carbonyl (C=O) groups is 1. The molecule has 0 aliphatic carbocycles.